The molecule has 0 atom stereocenters. The summed E-state index contributed by atoms with van der Waals surface area (Å²) in [6.45, 7) is 3.51. The lowest BCUT2D eigenvalue weighted by molar-refractivity contribution is -0.384. The number of barbiturate groups is 1. The highest BCUT2D eigenvalue weighted by molar-refractivity contribution is 6.31. The maximum absolute atomic E-state index is 11.9. The first kappa shape index (κ1) is 18.8. The van der Waals surface area contributed by atoms with E-state index in [4.69, 9.17) is 4.74 Å². The number of nitro benzene ring substituents is 1. The van der Waals surface area contributed by atoms with Crippen LogP contribution in [0.5, 0.6) is 5.75 Å². The van der Waals surface area contributed by atoms with Crippen molar-refractivity contribution >= 4 is 29.6 Å². The number of nitrogens with zero attached hydrogens (tertiary/aromatic N) is 2. The van der Waals surface area contributed by atoms with Gasteiger partial charge in [0.2, 0.25) is 0 Å². The van der Waals surface area contributed by atoms with Gasteiger partial charge >= 0.3 is 6.03 Å². The Morgan fingerprint density at radius 1 is 1.11 bits per heavy atom. The number of carbonyl (C=O) groups excluding carboxylic acids is 3. The predicted octanol–water partition coefficient (Wildman–Crippen LogP) is 1.76. The van der Waals surface area contributed by atoms with Gasteiger partial charge in [0, 0.05) is 23.5 Å². The lowest BCUT2D eigenvalue weighted by atomic mass is 10.1. The number of nitrogens with one attached hydrogen (secondary N) is 2. The van der Waals surface area contributed by atoms with Crippen molar-refractivity contribution in [3.05, 3.63) is 56.9 Å². The van der Waals surface area contributed by atoms with Crippen molar-refractivity contribution in [2.45, 2.75) is 13.8 Å². The topological polar surface area (TPSA) is 133 Å². The Morgan fingerprint density at radius 2 is 1.75 bits per heavy atom. The van der Waals surface area contributed by atoms with E-state index in [1.54, 1.807) is 24.5 Å². The van der Waals surface area contributed by atoms with Crippen LogP contribution in [-0.4, -0.2) is 34.4 Å². The van der Waals surface area contributed by atoms with E-state index in [9.17, 15) is 24.5 Å². The molecule has 0 bridgehead atoms. The molecule has 4 amide bonds. The number of carbonyl (C=O) groups is 3. The van der Waals surface area contributed by atoms with E-state index in [1.165, 1.54) is 31.4 Å². The van der Waals surface area contributed by atoms with Crippen molar-refractivity contribution in [3.63, 3.8) is 0 Å². The number of rotatable bonds is 4. The van der Waals surface area contributed by atoms with Crippen LogP contribution >= 0.6 is 0 Å². The minimum Gasteiger partial charge on any atom is -0.495 e. The monoisotopic (exact) mass is 384 g/mol. The number of benzene rings is 1. The molecule has 1 saturated heterocycles. The summed E-state index contributed by atoms with van der Waals surface area (Å²) in [5.41, 5.74) is 2.00. The third-order valence-corrected chi connectivity index (χ3v) is 4.33. The second-order valence-corrected chi connectivity index (χ2v) is 6.07. The van der Waals surface area contributed by atoms with Gasteiger partial charge in [-0.3, -0.25) is 30.3 Å². The van der Waals surface area contributed by atoms with Crippen molar-refractivity contribution in [2.75, 3.05) is 7.11 Å². The van der Waals surface area contributed by atoms with E-state index in [-0.39, 0.29) is 11.3 Å². The number of amides is 4. The van der Waals surface area contributed by atoms with Crippen molar-refractivity contribution < 1.29 is 24.0 Å². The summed E-state index contributed by atoms with van der Waals surface area (Å²) < 4.78 is 7.05. The average molecular weight is 384 g/mol. The molecule has 1 fully saturated rings. The van der Waals surface area contributed by atoms with Crippen LogP contribution in [0.1, 0.15) is 17.0 Å². The van der Waals surface area contributed by atoms with E-state index < -0.39 is 22.8 Å². The quantitative estimate of drug-likeness (QED) is 0.357. The Balaban J connectivity index is 2.14. The molecule has 0 aliphatic carbocycles. The third-order valence-electron chi connectivity index (χ3n) is 4.33. The summed E-state index contributed by atoms with van der Waals surface area (Å²) in [7, 11) is 1.45. The molecule has 1 aliphatic rings. The Hall–Kier alpha value is -3.95. The first-order valence-electron chi connectivity index (χ1n) is 8.13. The molecule has 3 rings (SSSR count). The number of imide groups is 2. The summed E-state index contributed by atoms with van der Waals surface area (Å²) in [6, 6.07) is 5.07. The molecule has 10 heteroatoms. The normalized spacial score (nSPS) is 13.8. The number of non-ortho nitro benzene ring substituents is 1. The van der Waals surface area contributed by atoms with E-state index >= 15 is 0 Å². The number of ether oxygens (including phenoxy) is 1. The van der Waals surface area contributed by atoms with Crippen molar-refractivity contribution in [3.8, 4) is 11.4 Å². The summed E-state index contributed by atoms with van der Waals surface area (Å²) in [6.07, 6.45) is 1.36. The van der Waals surface area contributed by atoms with Crippen LogP contribution in [-0.2, 0) is 9.59 Å². The molecule has 0 radical (unpaired) electrons. The Bertz CT molecular complexity index is 1040. The van der Waals surface area contributed by atoms with Crippen molar-refractivity contribution in [1.82, 2.24) is 15.2 Å². The van der Waals surface area contributed by atoms with Gasteiger partial charge in [0.25, 0.3) is 17.5 Å². The van der Waals surface area contributed by atoms with Gasteiger partial charge < -0.3 is 9.30 Å². The molecule has 2 heterocycles. The highest BCUT2D eigenvalue weighted by atomic mass is 16.6. The van der Waals surface area contributed by atoms with Gasteiger partial charge in [0.15, 0.2) is 0 Å². The minimum atomic E-state index is -0.876. The molecule has 1 aromatic carbocycles. The zero-order valence-corrected chi connectivity index (χ0v) is 15.2. The molecule has 1 aliphatic heterocycles. The van der Waals surface area contributed by atoms with Crippen LogP contribution in [0.25, 0.3) is 11.8 Å². The second-order valence-electron chi connectivity index (χ2n) is 6.07. The van der Waals surface area contributed by atoms with Crippen LogP contribution in [0.3, 0.4) is 0 Å². The van der Waals surface area contributed by atoms with Gasteiger partial charge in [-0.2, -0.15) is 0 Å². The first-order valence-corrected chi connectivity index (χ1v) is 8.13. The maximum Gasteiger partial charge on any atom is 0.328 e. The van der Waals surface area contributed by atoms with E-state index in [2.05, 4.69) is 0 Å². The van der Waals surface area contributed by atoms with E-state index in [1.807, 2.05) is 10.6 Å². The summed E-state index contributed by atoms with van der Waals surface area (Å²) in [5.74, 6) is -1.18. The lowest BCUT2D eigenvalue weighted by Gasteiger charge is -2.15. The van der Waals surface area contributed by atoms with Gasteiger partial charge in [-0.15, -0.1) is 0 Å². The zero-order valence-electron chi connectivity index (χ0n) is 15.2. The molecule has 2 N–H and O–H groups in total. The SMILES string of the molecule is COc1ccc([N+](=O)[O-])cc1-n1c(C)cc(C=C2C(=O)NC(=O)NC2=O)c1C. The lowest BCUT2D eigenvalue weighted by Crippen LogP contribution is -2.51. The molecule has 144 valence electrons. The van der Waals surface area contributed by atoms with Gasteiger partial charge in [0.1, 0.15) is 11.3 Å². The fourth-order valence-corrected chi connectivity index (χ4v) is 3.03. The third kappa shape index (κ3) is 3.22. The van der Waals surface area contributed by atoms with E-state index in [0.717, 1.165) is 0 Å². The molecular formula is C18H16N4O6. The van der Waals surface area contributed by atoms with Crippen LogP contribution in [0, 0.1) is 24.0 Å². The molecule has 1 aromatic heterocycles. The predicted molar refractivity (Wildman–Crippen MR) is 98.1 cm³/mol. The number of nitro groups is 1. The molecular weight excluding hydrogens is 368 g/mol. The van der Waals surface area contributed by atoms with Crippen LogP contribution in [0.2, 0.25) is 0 Å². The molecule has 0 unspecified atom stereocenters. The van der Waals surface area contributed by atoms with Crippen LogP contribution < -0.4 is 15.4 Å². The number of urea groups is 1. The standard InChI is InChI=1S/C18H16N4O6/c1-9-6-11(7-13-16(23)19-18(25)20-17(13)24)10(2)21(9)14-8-12(22(26)27)4-5-15(14)28-3/h4-8H,1-3H3,(H2,19,20,23,24,25). The van der Waals surface area contributed by atoms with Gasteiger partial charge in [-0.05, 0) is 37.6 Å². The van der Waals surface area contributed by atoms with Crippen LogP contribution in [0.15, 0.2) is 29.8 Å². The number of aryl methyl sites for hydroxylation is 1. The fraction of sp³-hybridized carbons (Fsp3) is 0.167. The highest BCUT2D eigenvalue weighted by Gasteiger charge is 2.28. The van der Waals surface area contributed by atoms with Crippen molar-refractivity contribution in [2.24, 2.45) is 0 Å². The number of aromatic nitrogens is 1. The minimum absolute atomic E-state index is 0.104. The maximum atomic E-state index is 11.9. The second kappa shape index (κ2) is 6.99. The Morgan fingerprint density at radius 3 is 2.32 bits per heavy atom. The number of hydrogen-bond acceptors (Lipinski definition) is 6. The number of hydrogen-bond donors (Lipinski definition) is 2. The largest absolute Gasteiger partial charge is 0.495 e. The van der Waals surface area contributed by atoms with Crippen LogP contribution in [0.4, 0.5) is 10.5 Å². The Kier molecular flexibility index (Phi) is 4.70. The number of methoxy groups -OCH3 is 1. The molecule has 10 nitrogen and oxygen atoms in total. The summed E-state index contributed by atoms with van der Waals surface area (Å²) in [4.78, 5) is 45.7. The average Bonchev–Trinajstić information content (AvgIpc) is 2.90. The fourth-order valence-electron chi connectivity index (χ4n) is 3.03. The van der Waals surface area contributed by atoms with E-state index in [0.29, 0.717) is 28.4 Å². The van der Waals surface area contributed by atoms with Gasteiger partial charge in [0.05, 0.1) is 17.7 Å². The highest BCUT2D eigenvalue weighted by Crippen LogP contribution is 2.32. The molecule has 2 aromatic rings. The summed E-state index contributed by atoms with van der Waals surface area (Å²) in [5, 5.41) is 15.2. The van der Waals surface area contributed by atoms with Gasteiger partial charge in [-0.25, -0.2) is 4.79 Å². The molecule has 28 heavy (non-hydrogen) atoms. The van der Waals surface area contributed by atoms with Crippen molar-refractivity contribution in [1.29, 1.82) is 0 Å². The molecule has 0 spiro atoms. The smallest absolute Gasteiger partial charge is 0.328 e. The zero-order chi connectivity index (χ0) is 20.6. The van der Waals surface area contributed by atoms with Gasteiger partial charge in [-0.1, -0.05) is 0 Å². The molecule has 0 saturated carbocycles. The first-order chi connectivity index (χ1) is 13.2. The summed E-state index contributed by atoms with van der Waals surface area (Å²) >= 11 is 0. The Labute approximate surface area is 158 Å².